The lowest BCUT2D eigenvalue weighted by Gasteiger charge is -2.38. The lowest BCUT2D eigenvalue weighted by Crippen LogP contribution is -2.49. The molecule has 3 heterocycles. The fourth-order valence-corrected chi connectivity index (χ4v) is 3.79. The molecule has 146 valence electrons. The minimum atomic E-state index is 0.0224. The lowest BCUT2D eigenvalue weighted by molar-refractivity contribution is -0.129. The molecule has 2 atom stereocenters. The molecule has 2 aromatic heterocycles. The maximum absolute atomic E-state index is 12.1. The van der Waals surface area contributed by atoms with Crippen molar-refractivity contribution in [3.63, 3.8) is 0 Å². The van der Waals surface area contributed by atoms with E-state index in [1.54, 1.807) is 14.2 Å². The summed E-state index contributed by atoms with van der Waals surface area (Å²) in [4.78, 5) is 21.7. The number of carbonyl (C=O) groups is 1. The number of fused-ring (bicyclic) bond motifs is 1. The Balaban J connectivity index is 0.000000659. The molecular formula is C21H30N4O2. The van der Waals surface area contributed by atoms with E-state index in [4.69, 9.17) is 0 Å². The summed E-state index contributed by atoms with van der Waals surface area (Å²) in [5.41, 5.74) is 3.46. The van der Waals surface area contributed by atoms with Crippen molar-refractivity contribution in [3.05, 3.63) is 36.7 Å². The minimum absolute atomic E-state index is 0.0224. The van der Waals surface area contributed by atoms with Crippen LogP contribution in [0.5, 0.6) is 0 Å². The highest BCUT2D eigenvalue weighted by atomic mass is 16.4. The number of likely N-dealkylation sites (tertiary alicyclic amines) is 1. The predicted molar refractivity (Wildman–Crippen MR) is 109 cm³/mol. The van der Waals surface area contributed by atoms with Crippen LogP contribution in [0.2, 0.25) is 0 Å². The van der Waals surface area contributed by atoms with Gasteiger partial charge in [-0.1, -0.05) is 6.58 Å². The van der Waals surface area contributed by atoms with Crippen molar-refractivity contribution in [3.8, 4) is 0 Å². The number of carbonyl (C=O) groups excluding carboxylic acids is 1. The molecule has 0 spiro atoms. The Kier molecular flexibility index (Phi) is 6.16. The SMILES string of the molecule is C=CC(=O)N1CC(Nc2ccnc3[nH]cc(C4CC4)c23)CCC1C.COC. The Labute approximate surface area is 161 Å². The van der Waals surface area contributed by atoms with Gasteiger partial charge in [0, 0.05) is 56.3 Å². The van der Waals surface area contributed by atoms with Gasteiger partial charge in [-0.25, -0.2) is 4.98 Å². The number of H-pyrrole nitrogens is 1. The number of nitrogens with one attached hydrogen (secondary N) is 2. The van der Waals surface area contributed by atoms with Crippen molar-refractivity contribution in [2.45, 2.75) is 50.6 Å². The van der Waals surface area contributed by atoms with E-state index < -0.39 is 0 Å². The lowest BCUT2D eigenvalue weighted by atomic mass is 9.98. The van der Waals surface area contributed by atoms with Crippen LogP contribution in [-0.4, -0.2) is 53.6 Å². The van der Waals surface area contributed by atoms with Crippen LogP contribution >= 0.6 is 0 Å². The van der Waals surface area contributed by atoms with Crippen LogP contribution in [0.3, 0.4) is 0 Å². The van der Waals surface area contributed by atoms with Crippen LogP contribution < -0.4 is 5.32 Å². The molecule has 2 aromatic rings. The second-order valence-corrected chi connectivity index (χ2v) is 7.47. The van der Waals surface area contributed by atoms with Gasteiger partial charge < -0.3 is 19.9 Å². The zero-order valence-corrected chi connectivity index (χ0v) is 16.5. The molecule has 2 unspecified atom stereocenters. The van der Waals surface area contributed by atoms with E-state index in [9.17, 15) is 4.79 Å². The first-order valence-corrected chi connectivity index (χ1v) is 9.64. The number of methoxy groups -OCH3 is 1. The number of aromatic amines is 1. The summed E-state index contributed by atoms with van der Waals surface area (Å²) >= 11 is 0. The molecule has 2 N–H and O–H groups in total. The van der Waals surface area contributed by atoms with Crippen molar-refractivity contribution in [1.29, 1.82) is 0 Å². The third-order valence-corrected chi connectivity index (χ3v) is 5.32. The van der Waals surface area contributed by atoms with Crippen molar-refractivity contribution in [2.24, 2.45) is 0 Å². The number of nitrogens with zero attached hydrogens (tertiary/aromatic N) is 2. The highest BCUT2D eigenvalue weighted by Crippen LogP contribution is 2.44. The number of rotatable bonds is 4. The highest BCUT2D eigenvalue weighted by Gasteiger charge is 2.30. The molecule has 0 bridgehead atoms. The van der Waals surface area contributed by atoms with E-state index >= 15 is 0 Å². The normalized spacial score (nSPS) is 22.1. The van der Waals surface area contributed by atoms with Crippen LogP contribution in [-0.2, 0) is 9.53 Å². The summed E-state index contributed by atoms with van der Waals surface area (Å²) in [6.45, 7) is 6.46. The molecule has 1 amide bonds. The van der Waals surface area contributed by atoms with Crippen molar-refractivity contribution >= 4 is 22.6 Å². The first-order chi connectivity index (χ1) is 13.1. The second-order valence-electron chi connectivity index (χ2n) is 7.47. The molecule has 0 aromatic carbocycles. The number of aromatic nitrogens is 2. The predicted octanol–water partition coefficient (Wildman–Crippen LogP) is 3.68. The topological polar surface area (TPSA) is 70.2 Å². The zero-order chi connectivity index (χ0) is 19.4. The van der Waals surface area contributed by atoms with Crippen LogP contribution in [0.4, 0.5) is 5.69 Å². The minimum Gasteiger partial charge on any atom is -0.388 e. The number of amides is 1. The van der Waals surface area contributed by atoms with Crippen LogP contribution in [0.25, 0.3) is 11.0 Å². The third kappa shape index (κ3) is 4.33. The van der Waals surface area contributed by atoms with E-state index in [2.05, 4.69) is 45.8 Å². The molecule has 1 aliphatic heterocycles. The Hall–Kier alpha value is -2.34. The third-order valence-electron chi connectivity index (χ3n) is 5.32. The van der Waals surface area contributed by atoms with Gasteiger partial charge >= 0.3 is 0 Å². The molecule has 6 nitrogen and oxygen atoms in total. The summed E-state index contributed by atoms with van der Waals surface area (Å²) < 4.78 is 4.25. The molecule has 2 fully saturated rings. The van der Waals surface area contributed by atoms with Crippen molar-refractivity contribution in [1.82, 2.24) is 14.9 Å². The largest absolute Gasteiger partial charge is 0.388 e. The van der Waals surface area contributed by atoms with E-state index in [-0.39, 0.29) is 18.0 Å². The molecule has 2 aliphatic rings. The highest BCUT2D eigenvalue weighted by molar-refractivity contribution is 5.93. The Bertz CT molecular complexity index is 797. The van der Waals surface area contributed by atoms with Gasteiger partial charge in [0.15, 0.2) is 0 Å². The second kappa shape index (κ2) is 8.57. The Morgan fingerprint density at radius 1 is 1.37 bits per heavy atom. The molecule has 4 rings (SSSR count). The number of ether oxygens (including phenoxy) is 1. The monoisotopic (exact) mass is 370 g/mol. The van der Waals surface area contributed by atoms with Gasteiger partial charge in [-0.2, -0.15) is 0 Å². The maximum Gasteiger partial charge on any atom is 0.246 e. The van der Waals surface area contributed by atoms with Crippen LogP contribution in [0, 0.1) is 0 Å². The molecule has 0 radical (unpaired) electrons. The summed E-state index contributed by atoms with van der Waals surface area (Å²) in [6, 6.07) is 2.60. The van der Waals surface area contributed by atoms with Crippen LogP contribution in [0.15, 0.2) is 31.1 Å². The fourth-order valence-electron chi connectivity index (χ4n) is 3.79. The van der Waals surface area contributed by atoms with Gasteiger partial charge in [0.05, 0.1) is 0 Å². The first kappa shape index (κ1) is 19.4. The standard InChI is InChI=1S/C19H24N4O.C2H6O/c1-3-17(24)23-11-14(7-4-12(23)2)22-16-8-9-20-19-18(16)15(10-21-19)13-5-6-13;1-3-2/h3,8-10,12-14H,1,4-7,11H2,2H3,(H2,20,21,22);1-2H3. The van der Waals surface area contributed by atoms with E-state index in [1.165, 1.54) is 29.9 Å². The summed E-state index contributed by atoms with van der Waals surface area (Å²) in [5, 5.41) is 4.90. The van der Waals surface area contributed by atoms with Gasteiger partial charge in [0.1, 0.15) is 5.65 Å². The Morgan fingerprint density at radius 2 is 2.11 bits per heavy atom. The first-order valence-electron chi connectivity index (χ1n) is 9.64. The van der Waals surface area contributed by atoms with Crippen molar-refractivity contribution < 1.29 is 9.53 Å². The van der Waals surface area contributed by atoms with Gasteiger partial charge in [-0.05, 0) is 56.2 Å². The summed E-state index contributed by atoms with van der Waals surface area (Å²) in [6.07, 6.45) is 9.98. The molecular weight excluding hydrogens is 340 g/mol. The summed E-state index contributed by atoms with van der Waals surface area (Å²) in [7, 11) is 3.25. The van der Waals surface area contributed by atoms with Crippen molar-refractivity contribution in [2.75, 3.05) is 26.1 Å². The zero-order valence-electron chi connectivity index (χ0n) is 16.5. The quantitative estimate of drug-likeness (QED) is 0.806. The maximum atomic E-state index is 12.1. The average Bonchev–Trinajstić information content (AvgIpc) is 3.42. The Morgan fingerprint density at radius 3 is 2.78 bits per heavy atom. The molecule has 1 saturated carbocycles. The van der Waals surface area contributed by atoms with E-state index in [0.29, 0.717) is 5.92 Å². The van der Waals surface area contributed by atoms with E-state index in [0.717, 1.165) is 30.7 Å². The number of anilines is 1. The average molecular weight is 370 g/mol. The number of pyridine rings is 1. The molecule has 27 heavy (non-hydrogen) atoms. The number of hydrogen-bond acceptors (Lipinski definition) is 4. The van der Waals surface area contributed by atoms with Gasteiger partial charge in [-0.3, -0.25) is 4.79 Å². The van der Waals surface area contributed by atoms with Gasteiger partial charge in [0.25, 0.3) is 0 Å². The van der Waals surface area contributed by atoms with Crippen LogP contribution in [0.1, 0.15) is 44.1 Å². The number of piperidine rings is 1. The van der Waals surface area contributed by atoms with Gasteiger partial charge in [0.2, 0.25) is 5.91 Å². The smallest absolute Gasteiger partial charge is 0.246 e. The van der Waals surface area contributed by atoms with Gasteiger partial charge in [-0.15, -0.1) is 0 Å². The molecule has 1 saturated heterocycles. The number of hydrogen-bond donors (Lipinski definition) is 2. The summed E-state index contributed by atoms with van der Waals surface area (Å²) in [5.74, 6) is 0.697. The fraction of sp³-hybridized carbons (Fsp3) is 0.524. The molecule has 6 heteroatoms. The molecule has 1 aliphatic carbocycles. The van der Waals surface area contributed by atoms with E-state index in [1.807, 2.05) is 11.1 Å².